The van der Waals surface area contributed by atoms with Gasteiger partial charge < -0.3 is 24.9 Å². The Morgan fingerprint density at radius 3 is 2.50 bits per heavy atom. The highest BCUT2D eigenvalue weighted by Gasteiger charge is 2.34. The Morgan fingerprint density at radius 2 is 1.79 bits per heavy atom. The molecule has 0 bridgehead atoms. The second-order valence-corrected chi connectivity index (χ2v) is 8.46. The Kier molecular flexibility index (Phi) is 6.06. The van der Waals surface area contributed by atoms with E-state index in [0.717, 1.165) is 0 Å². The third kappa shape index (κ3) is 4.67. The molecule has 2 aromatic carbocycles. The highest BCUT2D eigenvalue weighted by atomic mass is 19.1. The van der Waals surface area contributed by atoms with Crippen molar-refractivity contribution in [1.82, 2.24) is 19.9 Å². The van der Waals surface area contributed by atoms with Crippen LogP contribution >= 0.6 is 0 Å². The van der Waals surface area contributed by atoms with Crippen LogP contribution < -0.4 is 10.5 Å². The first-order valence-electron chi connectivity index (χ1n) is 10.9. The van der Waals surface area contributed by atoms with Crippen molar-refractivity contribution in [1.29, 1.82) is 0 Å². The van der Waals surface area contributed by atoms with Gasteiger partial charge in [0.25, 0.3) is 0 Å². The fourth-order valence-corrected chi connectivity index (χ4v) is 3.55. The van der Waals surface area contributed by atoms with Gasteiger partial charge in [0.05, 0.1) is 30.3 Å². The molecule has 0 unspecified atom stereocenters. The molecule has 174 valence electrons. The van der Waals surface area contributed by atoms with E-state index in [1.807, 2.05) is 37.3 Å². The van der Waals surface area contributed by atoms with Crippen LogP contribution in [-0.4, -0.2) is 39.7 Å². The third-order valence-electron chi connectivity index (χ3n) is 5.56. The minimum absolute atomic E-state index is 0.189. The van der Waals surface area contributed by atoms with Gasteiger partial charge in [-0.05, 0) is 42.5 Å². The predicted octanol–water partition coefficient (Wildman–Crippen LogP) is 4.48. The number of hydrogen-bond acceptors (Lipinski definition) is 7. The number of nitrogens with one attached hydrogen (secondary N) is 1. The number of nitrogens with zero attached hydrogens (tertiary/aromatic N) is 3. The monoisotopic (exact) mass is 461 g/mol. The van der Waals surface area contributed by atoms with Gasteiger partial charge in [0.15, 0.2) is 5.82 Å². The summed E-state index contributed by atoms with van der Waals surface area (Å²) >= 11 is 0. The highest BCUT2D eigenvalue weighted by molar-refractivity contribution is 5.76. The number of ether oxygens (including phenoxy) is 3. The van der Waals surface area contributed by atoms with E-state index in [4.69, 9.17) is 24.9 Å². The molecule has 4 aromatic rings. The molecule has 0 radical (unpaired) electrons. The molecular weight excluding hydrogens is 437 g/mol. The molecule has 2 aromatic heterocycles. The van der Waals surface area contributed by atoms with Crippen LogP contribution in [0.4, 0.5) is 4.39 Å². The number of benzene rings is 2. The number of halogens is 1. The summed E-state index contributed by atoms with van der Waals surface area (Å²) in [6.07, 6.45) is 0.921. The minimum Gasteiger partial charge on any atom is -0.424 e. The Hall–Kier alpha value is -3.66. The molecule has 0 spiro atoms. The van der Waals surface area contributed by atoms with E-state index in [1.54, 1.807) is 24.4 Å². The van der Waals surface area contributed by atoms with Crippen molar-refractivity contribution in [3.8, 4) is 34.4 Å². The topological polar surface area (TPSA) is 108 Å². The van der Waals surface area contributed by atoms with Crippen LogP contribution in [0.5, 0.6) is 11.8 Å². The van der Waals surface area contributed by atoms with Crippen molar-refractivity contribution in [3.63, 3.8) is 0 Å². The van der Waals surface area contributed by atoms with E-state index in [9.17, 15) is 4.39 Å². The average Bonchev–Trinajstić information content (AvgIpc) is 3.31. The van der Waals surface area contributed by atoms with Gasteiger partial charge >= 0.3 is 6.01 Å². The molecule has 3 N–H and O–H groups in total. The zero-order valence-corrected chi connectivity index (χ0v) is 18.6. The van der Waals surface area contributed by atoms with Crippen molar-refractivity contribution in [3.05, 3.63) is 78.5 Å². The molecule has 3 heterocycles. The van der Waals surface area contributed by atoms with E-state index < -0.39 is 6.29 Å². The SMILES string of the molecule is CC1(CN)COC(c2nc(-c3ccc(F)cc3)c(-c3ccnc(Oc4ccccc4)n3)[nH]2)OC1. The minimum atomic E-state index is -0.686. The molecule has 9 heteroatoms. The molecule has 1 aliphatic heterocycles. The van der Waals surface area contributed by atoms with Crippen LogP contribution in [0.1, 0.15) is 19.0 Å². The predicted molar refractivity (Wildman–Crippen MR) is 123 cm³/mol. The van der Waals surface area contributed by atoms with Crippen LogP contribution in [0.2, 0.25) is 0 Å². The van der Waals surface area contributed by atoms with Crippen molar-refractivity contribution in [2.24, 2.45) is 11.1 Å². The molecule has 1 aliphatic rings. The van der Waals surface area contributed by atoms with Gasteiger partial charge in [0.1, 0.15) is 11.6 Å². The first kappa shape index (κ1) is 22.1. The van der Waals surface area contributed by atoms with Gasteiger partial charge in [-0.25, -0.2) is 14.4 Å². The maximum atomic E-state index is 13.6. The fourth-order valence-electron chi connectivity index (χ4n) is 3.55. The number of nitrogens with two attached hydrogens (primary N) is 1. The number of rotatable bonds is 6. The first-order valence-corrected chi connectivity index (χ1v) is 10.9. The normalized spacial score (nSPS) is 20.3. The quantitative estimate of drug-likeness (QED) is 0.436. The molecule has 1 saturated heterocycles. The number of aromatic nitrogens is 4. The van der Waals surface area contributed by atoms with Crippen LogP contribution in [-0.2, 0) is 9.47 Å². The summed E-state index contributed by atoms with van der Waals surface area (Å²) in [5.74, 6) is 0.773. The first-order chi connectivity index (χ1) is 16.5. The summed E-state index contributed by atoms with van der Waals surface area (Å²) in [6, 6.07) is 17.3. The number of para-hydroxylation sites is 1. The van der Waals surface area contributed by atoms with Crippen LogP contribution in [0, 0.1) is 11.2 Å². The van der Waals surface area contributed by atoms with E-state index in [2.05, 4.69) is 15.0 Å². The van der Waals surface area contributed by atoms with Crippen molar-refractivity contribution in [2.75, 3.05) is 19.8 Å². The van der Waals surface area contributed by atoms with Crippen molar-refractivity contribution >= 4 is 0 Å². The van der Waals surface area contributed by atoms with E-state index in [0.29, 0.717) is 54.0 Å². The molecule has 34 heavy (non-hydrogen) atoms. The van der Waals surface area contributed by atoms with Crippen molar-refractivity contribution < 1.29 is 18.6 Å². The molecule has 0 amide bonds. The Balaban J connectivity index is 1.51. The highest BCUT2D eigenvalue weighted by Crippen LogP contribution is 2.35. The summed E-state index contributed by atoms with van der Waals surface area (Å²) in [7, 11) is 0. The molecule has 8 nitrogen and oxygen atoms in total. The van der Waals surface area contributed by atoms with Gasteiger partial charge in [-0.15, -0.1) is 0 Å². The number of imidazole rings is 1. The van der Waals surface area contributed by atoms with Crippen LogP contribution in [0.15, 0.2) is 66.9 Å². The zero-order chi connectivity index (χ0) is 23.5. The average molecular weight is 461 g/mol. The number of hydrogen-bond donors (Lipinski definition) is 2. The second kappa shape index (κ2) is 9.30. The summed E-state index contributed by atoms with van der Waals surface area (Å²) in [5, 5.41) is 0. The number of aromatic amines is 1. The lowest BCUT2D eigenvalue weighted by atomic mass is 9.93. The lowest BCUT2D eigenvalue weighted by molar-refractivity contribution is -0.231. The van der Waals surface area contributed by atoms with E-state index in [1.165, 1.54) is 12.1 Å². The Labute approximate surface area is 196 Å². The lowest BCUT2D eigenvalue weighted by Crippen LogP contribution is -2.42. The summed E-state index contributed by atoms with van der Waals surface area (Å²) in [5.41, 5.74) is 8.06. The van der Waals surface area contributed by atoms with Gasteiger partial charge in [0, 0.05) is 23.7 Å². The Morgan fingerprint density at radius 1 is 1.06 bits per heavy atom. The van der Waals surface area contributed by atoms with Crippen LogP contribution in [0.3, 0.4) is 0 Å². The van der Waals surface area contributed by atoms with Gasteiger partial charge in [-0.2, -0.15) is 4.98 Å². The zero-order valence-electron chi connectivity index (χ0n) is 18.6. The summed E-state index contributed by atoms with van der Waals surface area (Å²) in [6.45, 7) is 3.35. The van der Waals surface area contributed by atoms with E-state index in [-0.39, 0.29) is 17.2 Å². The third-order valence-corrected chi connectivity index (χ3v) is 5.56. The second-order valence-electron chi connectivity index (χ2n) is 8.46. The molecule has 0 aliphatic carbocycles. The standard InChI is InChI=1S/C25H24FN5O3/c1-25(13-27)14-32-23(33-15-25)22-30-20(16-7-9-17(26)10-8-16)21(31-22)19-11-12-28-24(29-19)34-18-5-3-2-4-6-18/h2-12,23H,13-15,27H2,1H3,(H,30,31). The fraction of sp³-hybridized carbons (Fsp3) is 0.240. The number of H-pyrrole nitrogens is 1. The van der Waals surface area contributed by atoms with Crippen molar-refractivity contribution in [2.45, 2.75) is 13.2 Å². The summed E-state index contributed by atoms with van der Waals surface area (Å²) in [4.78, 5) is 16.8. The van der Waals surface area contributed by atoms with E-state index >= 15 is 0 Å². The Bertz CT molecular complexity index is 1260. The molecule has 5 rings (SSSR count). The molecule has 0 atom stereocenters. The van der Waals surface area contributed by atoms with Gasteiger partial charge in [0.2, 0.25) is 6.29 Å². The molecule has 0 saturated carbocycles. The maximum absolute atomic E-state index is 13.6. The lowest BCUT2D eigenvalue weighted by Gasteiger charge is -2.35. The van der Waals surface area contributed by atoms with Gasteiger partial charge in [-0.1, -0.05) is 25.1 Å². The molecule has 1 fully saturated rings. The maximum Gasteiger partial charge on any atom is 0.322 e. The van der Waals surface area contributed by atoms with Gasteiger partial charge in [-0.3, -0.25) is 0 Å². The summed E-state index contributed by atoms with van der Waals surface area (Å²) < 4.78 is 31.2. The smallest absolute Gasteiger partial charge is 0.322 e. The largest absolute Gasteiger partial charge is 0.424 e. The molecular formula is C25H24FN5O3. The van der Waals surface area contributed by atoms with Crippen LogP contribution in [0.25, 0.3) is 22.6 Å².